The summed E-state index contributed by atoms with van der Waals surface area (Å²) < 4.78 is 84.8. The zero-order valence-corrected chi connectivity index (χ0v) is 14.4. The molecule has 0 atom stereocenters. The van der Waals surface area contributed by atoms with Crippen LogP contribution in [0.4, 0.5) is 22.0 Å². The fourth-order valence-corrected chi connectivity index (χ4v) is 3.40. The molecule has 0 bridgehead atoms. The van der Waals surface area contributed by atoms with Gasteiger partial charge in [-0.2, -0.15) is 4.39 Å². The first-order chi connectivity index (χ1) is 13.2. The van der Waals surface area contributed by atoms with Gasteiger partial charge in [0.05, 0.1) is 30.1 Å². The van der Waals surface area contributed by atoms with Crippen LogP contribution < -0.4 is 4.87 Å². The average molecular weight is 424 g/mol. The highest BCUT2D eigenvalue weighted by Crippen LogP contribution is 2.34. The number of nitrogens with zero attached hydrogens (tertiary/aromatic N) is 2. The second-order valence-corrected chi connectivity index (χ2v) is 6.70. The Kier molecular flexibility index (Phi) is 4.69. The Labute approximate surface area is 155 Å². The highest BCUT2D eigenvalue weighted by molar-refractivity contribution is 7.09. The van der Waals surface area contributed by atoms with Gasteiger partial charge in [0.2, 0.25) is 11.4 Å². The van der Waals surface area contributed by atoms with Crippen LogP contribution in [0.25, 0.3) is 16.8 Å². The second-order valence-electron chi connectivity index (χ2n) is 5.62. The number of ether oxygens (including phenoxy) is 3. The summed E-state index contributed by atoms with van der Waals surface area (Å²) >= 11 is 0.482. The summed E-state index contributed by atoms with van der Waals surface area (Å²) in [6, 6.07) is 1.16. The third kappa shape index (κ3) is 3.41. The van der Waals surface area contributed by atoms with E-state index in [9.17, 15) is 26.7 Å². The normalized spacial score (nSPS) is 15.8. The molecule has 1 aromatic carbocycles. The van der Waals surface area contributed by atoms with Crippen LogP contribution in [0.2, 0.25) is 0 Å². The molecule has 3 aromatic rings. The molecule has 3 heterocycles. The maximum atomic E-state index is 14.3. The number of alkyl halides is 3. The fraction of sp³-hybridized carbons (Fsp3) is 0.333. The van der Waals surface area contributed by atoms with Crippen molar-refractivity contribution >= 4 is 22.3 Å². The van der Waals surface area contributed by atoms with Gasteiger partial charge in [0, 0.05) is 11.8 Å². The molecule has 0 amide bonds. The van der Waals surface area contributed by atoms with Gasteiger partial charge in [0.1, 0.15) is 0 Å². The van der Waals surface area contributed by atoms with E-state index in [1.165, 1.54) is 0 Å². The lowest BCUT2D eigenvalue weighted by molar-refractivity contribution is -0.330. The van der Waals surface area contributed by atoms with E-state index in [1.54, 1.807) is 0 Å². The smallest absolute Gasteiger partial charge is 0.351 e. The van der Waals surface area contributed by atoms with Gasteiger partial charge in [-0.3, -0.25) is 14.1 Å². The zero-order chi connectivity index (χ0) is 20.1. The number of fused-ring (bicyclic) bond motifs is 1. The van der Waals surface area contributed by atoms with Crippen LogP contribution in [0.3, 0.4) is 0 Å². The monoisotopic (exact) mass is 424 g/mol. The number of hydrogen-bond donors (Lipinski definition) is 0. The summed E-state index contributed by atoms with van der Waals surface area (Å²) in [4.78, 5) is 11.4. The molecule has 1 aliphatic rings. The van der Waals surface area contributed by atoms with Gasteiger partial charge in [0.15, 0.2) is 17.9 Å². The Morgan fingerprint density at radius 2 is 1.96 bits per heavy atom. The van der Waals surface area contributed by atoms with E-state index >= 15 is 0 Å². The lowest BCUT2D eigenvalue weighted by Gasteiger charge is -2.11. The molecule has 150 valence electrons. The molecular weight excluding hydrogens is 415 g/mol. The lowest BCUT2D eigenvalue weighted by Crippen LogP contribution is -2.12. The van der Waals surface area contributed by atoms with Gasteiger partial charge in [-0.15, -0.1) is 13.2 Å². The minimum absolute atomic E-state index is 0.0521. The van der Waals surface area contributed by atoms with Crippen molar-refractivity contribution in [2.45, 2.75) is 19.3 Å². The van der Waals surface area contributed by atoms with Crippen molar-refractivity contribution in [2.24, 2.45) is 0 Å². The molecule has 2 aromatic heterocycles. The maximum Gasteiger partial charge on any atom is 0.522 e. The van der Waals surface area contributed by atoms with Crippen LogP contribution >= 0.6 is 11.3 Å². The third-order valence-electron chi connectivity index (χ3n) is 3.82. The van der Waals surface area contributed by atoms with E-state index in [4.69, 9.17) is 14.0 Å². The summed E-state index contributed by atoms with van der Waals surface area (Å²) in [6.07, 6.45) is -4.95. The third-order valence-corrected chi connectivity index (χ3v) is 4.68. The minimum atomic E-state index is -4.87. The first kappa shape index (κ1) is 19.0. The molecule has 1 saturated heterocycles. The predicted molar refractivity (Wildman–Crippen MR) is 82.9 cm³/mol. The van der Waals surface area contributed by atoms with E-state index < -0.39 is 41.3 Å². The van der Waals surface area contributed by atoms with Gasteiger partial charge in [0.25, 0.3) is 0 Å². The first-order valence-corrected chi connectivity index (χ1v) is 8.49. The number of benzene rings is 1. The summed E-state index contributed by atoms with van der Waals surface area (Å²) in [5, 5.41) is 3.49. The van der Waals surface area contributed by atoms with Crippen molar-refractivity contribution in [2.75, 3.05) is 13.2 Å². The SMILES string of the molecule is O=c1sc(COC(F)(F)F)cn1-c1noc2c(F)c(F)c(C3OCCO3)cc12. The van der Waals surface area contributed by atoms with E-state index in [1.807, 2.05) is 0 Å². The van der Waals surface area contributed by atoms with Crippen molar-refractivity contribution in [3.05, 3.63) is 44.0 Å². The minimum Gasteiger partial charge on any atom is -0.351 e. The largest absolute Gasteiger partial charge is 0.522 e. The molecule has 0 N–H and O–H groups in total. The number of thiazole rings is 1. The molecule has 0 aliphatic carbocycles. The van der Waals surface area contributed by atoms with Crippen molar-refractivity contribution in [1.29, 1.82) is 0 Å². The van der Waals surface area contributed by atoms with Gasteiger partial charge in [-0.05, 0) is 6.07 Å². The van der Waals surface area contributed by atoms with Crippen LogP contribution in [0.1, 0.15) is 16.7 Å². The number of rotatable bonds is 4. The van der Waals surface area contributed by atoms with Gasteiger partial charge in [-0.25, -0.2) is 4.39 Å². The van der Waals surface area contributed by atoms with Crippen LogP contribution in [0.5, 0.6) is 0 Å². The summed E-state index contributed by atoms with van der Waals surface area (Å²) in [5.74, 6) is -2.82. The first-order valence-electron chi connectivity index (χ1n) is 7.67. The molecule has 0 spiro atoms. The maximum absolute atomic E-state index is 14.3. The quantitative estimate of drug-likeness (QED) is 0.598. The molecule has 0 saturated carbocycles. The van der Waals surface area contributed by atoms with Crippen LogP contribution in [0, 0.1) is 11.6 Å². The highest BCUT2D eigenvalue weighted by Gasteiger charge is 2.31. The Morgan fingerprint density at radius 1 is 1.25 bits per heavy atom. The standard InChI is InChI=1S/C15H9F5N2O5S/c16-9-7(13-24-1-2-25-13)3-8-11(10(9)17)27-21-12(8)22-4-6(28-14(22)23)5-26-15(18,19)20/h3-4,13H,1-2,5H2. The number of hydrogen-bond acceptors (Lipinski definition) is 7. The Morgan fingerprint density at radius 3 is 2.64 bits per heavy atom. The van der Waals surface area contributed by atoms with Crippen LogP contribution in [-0.4, -0.2) is 29.3 Å². The Balaban J connectivity index is 1.77. The molecule has 13 heteroatoms. The van der Waals surface area contributed by atoms with Crippen LogP contribution in [-0.2, 0) is 20.8 Å². The predicted octanol–water partition coefficient (Wildman–Crippen LogP) is 3.40. The molecule has 4 rings (SSSR count). The average Bonchev–Trinajstić information content (AvgIpc) is 3.35. The van der Waals surface area contributed by atoms with Gasteiger partial charge in [-0.1, -0.05) is 16.5 Å². The summed E-state index contributed by atoms with van der Waals surface area (Å²) in [6.45, 7) is -0.510. The fourth-order valence-electron chi connectivity index (χ4n) is 2.66. The van der Waals surface area contributed by atoms with Crippen molar-refractivity contribution in [3.8, 4) is 5.82 Å². The Hall–Kier alpha value is -2.35. The molecular formula is C15H9F5N2O5S. The zero-order valence-electron chi connectivity index (χ0n) is 13.6. The molecule has 7 nitrogen and oxygen atoms in total. The van der Waals surface area contributed by atoms with Crippen molar-refractivity contribution in [1.82, 2.24) is 9.72 Å². The Bertz CT molecular complexity index is 1080. The van der Waals surface area contributed by atoms with E-state index in [2.05, 4.69) is 9.89 Å². The van der Waals surface area contributed by atoms with E-state index in [-0.39, 0.29) is 34.9 Å². The molecule has 1 aliphatic heterocycles. The van der Waals surface area contributed by atoms with E-state index in [0.717, 1.165) is 16.8 Å². The van der Waals surface area contributed by atoms with Gasteiger partial charge >= 0.3 is 11.2 Å². The number of aromatic nitrogens is 2. The highest BCUT2D eigenvalue weighted by atomic mass is 32.1. The summed E-state index contributed by atoms with van der Waals surface area (Å²) in [7, 11) is 0. The molecule has 0 unspecified atom stereocenters. The van der Waals surface area contributed by atoms with Gasteiger partial charge < -0.3 is 14.0 Å². The lowest BCUT2D eigenvalue weighted by atomic mass is 10.1. The molecule has 1 fully saturated rings. The second kappa shape index (κ2) is 6.92. The number of halogens is 5. The summed E-state index contributed by atoms with van der Waals surface area (Å²) in [5.41, 5.74) is -0.809. The van der Waals surface area contributed by atoms with E-state index in [0.29, 0.717) is 11.3 Å². The molecule has 0 radical (unpaired) electrons. The topological polar surface area (TPSA) is 75.7 Å². The van der Waals surface area contributed by atoms with Crippen molar-refractivity contribution < 1.29 is 40.7 Å². The van der Waals surface area contributed by atoms with Crippen molar-refractivity contribution in [3.63, 3.8) is 0 Å². The molecule has 28 heavy (non-hydrogen) atoms. The van der Waals surface area contributed by atoms with Crippen LogP contribution in [0.15, 0.2) is 21.6 Å².